The Morgan fingerprint density at radius 1 is 1.18 bits per heavy atom. The van der Waals surface area contributed by atoms with E-state index in [-0.39, 0.29) is 21.8 Å². The van der Waals surface area contributed by atoms with Crippen molar-refractivity contribution in [3.63, 3.8) is 0 Å². The van der Waals surface area contributed by atoms with Crippen molar-refractivity contribution >= 4 is 34.9 Å². The molecule has 0 radical (unpaired) electrons. The van der Waals surface area contributed by atoms with Gasteiger partial charge in [-0.25, -0.2) is 15.0 Å². The zero-order valence-electron chi connectivity index (χ0n) is 8.26. The van der Waals surface area contributed by atoms with Crippen LogP contribution in [0.3, 0.4) is 0 Å². The predicted octanol–water partition coefficient (Wildman–Crippen LogP) is 1.83. The van der Waals surface area contributed by atoms with Crippen molar-refractivity contribution in [3.05, 3.63) is 40.8 Å². The van der Waals surface area contributed by atoms with E-state index >= 15 is 0 Å². The summed E-state index contributed by atoms with van der Waals surface area (Å²) in [4.78, 5) is 26.8. The van der Waals surface area contributed by atoms with Gasteiger partial charge in [-0.1, -0.05) is 23.2 Å². The minimum Gasteiger partial charge on any atom is -0.305 e. The van der Waals surface area contributed by atoms with E-state index < -0.39 is 5.91 Å². The third kappa shape index (κ3) is 3.08. The number of hydrogen-bond acceptors (Lipinski definition) is 5. The largest absolute Gasteiger partial charge is 0.305 e. The quantitative estimate of drug-likeness (QED) is 0.842. The highest BCUT2D eigenvalue weighted by Crippen LogP contribution is 2.10. The van der Waals surface area contributed by atoms with Crippen molar-refractivity contribution in [1.82, 2.24) is 19.9 Å². The van der Waals surface area contributed by atoms with Crippen LogP contribution in [-0.4, -0.2) is 25.8 Å². The van der Waals surface area contributed by atoms with E-state index in [0.717, 1.165) is 0 Å². The van der Waals surface area contributed by atoms with Crippen LogP contribution in [-0.2, 0) is 0 Å². The molecule has 2 aromatic rings. The maximum absolute atomic E-state index is 11.7. The molecule has 6 nitrogen and oxygen atoms in total. The van der Waals surface area contributed by atoms with Gasteiger partial charge in [-0.15, -0.1) is 0 Å². The molecule has 2 aromatic heterocycles. The number of halogens is 2. The molecule has 1 N–H and O–H groups in total. The Morgan fingerprint density at radius 3 is 2.71 bits per heavy atom. The highest BCUT2D eigenvalue weighted by atomic mass is 35.5. The molecule has 2 rings (SSSR count). The number of carbonyl (C=O) groups excluding carboxylic acids is 1. The number of aromatic nitrogens is 4. The third-order valence-corrected chi connectivity index (χ3v) is 2.10. The van der Waals surface area contributed by atoms with E-state index in [2.05, 4.69) is 25.3 Å². The lowest BCUT2D eigenvalue weighted by atomic mass is 10.4. The number of nitrogens with zero attached hydrogens (tertiary/aromatic N) is 4. The van der Waals surface area contributed by atoms with E-state index in [1.165, 1.54) is 24.8 Å². The number of nitrogens with one attached hydrogen (secondary N) is 1. The molecule has 0 aromatic carbocycles. The SMILES string of the molecule is O=C(Nc1cc(Cl)ncn1)c1cncc(Cl)n1. The summed E-state index contributed by atoms with van der Waals surface area (Å²) >= 11 is 11.3. The number of carbonyl (C=O) groups is 1. The van der Waals surface area contributed by atoms with Crippen molar-refractivity contribution in [2.75, 3.05) is 5.32 Å². The zero-order chi connectivity index (χ0) is 12.3. The van der Waals surface area contributed by atoms with Gasteiger partial charge in [0.15, 0.2) is 0 Å². The Bertz CT molecular complexity index is 563. The van der Waals surface area contributed by atoms with Crippen molar-refractivity contribution in [3.8, 4) is 0 Å². The topological polar surface area (TPSA) is 80.7 Å². The summed E-state index contributed by atoms with van der Waals surface area (Å²) in [5, 5.41) is 2.86. The minimum absolute atomic E-state index is 0.0900. The molecule has 0 spiro atoms. The molecule has 0 aliphatic rings. The van der Waals surface area contributed by atoms with Gasteiger partial charge in [0.2, 0.25) is 0 Å². The highest BCUT2D eigenvalue weighted by Gasteiger charge is 2.09. The van der Waals surface area contributed by atoms with Crippen LogP contribution in [0.1, 0.15) is 10.5 Å². The van der Waals surface area contributed by atoms with Gasteiger partial charge >= 0.3 is 0 Å². The lowest BCUT2D eigenvalue weighted by molar-refractivity contribution is 0.102. The van der Waals surface area contributed by atoms with Crippen molar-refractivity contribution in [2.45, 2.75) is 0 Å². The second-order valence-corrected chi connectivity index (χ2v) is 3.68. The van der Waals surface area contributed by atoms with E-state index in [9.17, 15) is 4.79 Å². The van der Waals surface area contributed by atoms with Gasteiger partial charge in [-0.3, -0.25) is 9.78 Å². The fourth-order valence-corrected chi connectivity index (χ4v) is 1.33. The first-order chi connectivity index (χ1) is 8.15. The number of anilines is 1. The standard InChI is InChI=1S/C9H5Cl2N5O/c10-6-1-8(14-4-13-6)16-9(17)5-2-12-3-7(11)15-5/h1-4H,(H,13,14,16,17). The Labute approximate surface area is 106 Å². The van der Waals surface area contributed by atoms with Crippen LogP contribution in [0.25, 0.3) is 0 Å². The second-order valence-electron chi connectivity index (χ2n) is 2.91. The first-order valence-corrected chi connectivity index (χ1v) is 5.17. The van der Waals surface area contributed by atoms with Crippen LogP contribution >= 0.6 is 23.2 Å². The zero-order valence-corrected chi connectivity index (χ0v) is 9.77. The van der Waals surface area contributed by atoms with E-state index in [1.807, 2.05) is 0 Å². The van der Waals surface area contributed by atoms with Crippen LogP contribution in [0.15, 0.2) is 24.8 Å². The molecule has 8 heteroatoms. The average molecular weight is 270 g/mol. The average Bonchev–Trinajstić information content (AvgIpc) is 2.29. The first-order valence-electron chi connectivity index (χ1n) is 4.41. The molecule has 2 heterocycles. The maximum atomic E-state index is 11.7. The molecular formula is C9H5Cl2N5O. The monoisotopic (exact) mass is 269 g/mol. The Morgan fingerprint density at radius 2 is 2.00 bits per heavy atom. The summed E-state index contributed by atoms with van der Waals surface area (Å²) in [5.74, 6) is -0.202. The van der Waals surface area contributed by atoms with Crippen LogP contribution in [0, 0.1) is 0 Å². The lowest BCUT2D eigenvalue weighted by Gasteiger charge is -2.03. The molecular weight excluding hydrogens is 265 g/mol. The maximum Gasteiger partial charge on any atom is 0.277 e. The predicted molar refractivity (Wildman–Crippen MR) is 62.0 cm³/mol. The molecule has 0 fully saturated rings. The van der Waals surface area contributed by atoms with Gasteiger partial charge in [0, 0.05) is 6.07 Å². The molecule has 86 valence electrons. The fourth-order valence-electron chi connectivity index (χ4n) is 1.03. The van der Waals surface area contributed by atoms with E-state index in [4.69, 9.17) is 23.2 Å². The van der Waals surface area contributed by atoms with Crippen molar-refractivity contribution in [1.29, 1.82) is 0 Å². The third-order valence-electron chi connectivity index (χ3n) is 1.71. The summed E-state index contributed by atoms with van der Waals surface area (Å²) < 4.78 is 0. The van der Waals surface area contributed by atoms with E-state index in [0.29, 0.717) is 0 Å². The molecule has 1 amide bonds. The van der Waals surface area contributed by atoms with Gasteiger partial charge in [-0.05, 0) is 0 Å². The van der Waals surface area contributed by atoms with Crippen molar-refractivity contribution < 1.29 is 4.79 Å². The van der Waals surface area contributed by atoms with Gasteiger partial charge in [-0.2, -0.15) is 0 Å². The molecule has 0 saturated heterocycles. The van der Waals surface area contributed by atoms with Gasteiger partial charge < -0.3 is 5.32 Å². The van der Waals surface area contributed by atoms with Crippen LogP contribution in [0.4, 0.5) is 5.82 Å². The molecule has 17 heavy (non-hydrogen) atoms. The van der Waals surface area contributed by atoms with Gasteiger partial charge in [0.25, 0.3) is 5.91 Å². The van der Waals surface area contributed by atoms with Crippen LogP contribution < -0.4 is 5.32 Å². The number of hydrogen-bond donors (Lipinski definition) is 1. The summed E-state index contributed by atoms with van der Waals surface area (Å²) in [7, 11) is 0. The van der Waals surface area contributed by atoms with Gasteiger partial charge in [0.05, 0.1) is 12.4 Å². The summed E-state index contributed by atoms with van der Waals surface area (Å²) in [6.07, 6.45) is 3.87. The van der Waals surface area contributed by atoms with Crippen LogP contribution in [0.2, 0.25) is 10.3 Å². The van der Waals surface area contributed by atoms with Crippen molar-refractivity contribution in [2.24, 2.45) is 0 Å². The Kier molecular flexibility index (Phi) is 3.46. The first kappa shape index (κ1) is 11.7. The van der Waals surface area contributed by atoms with Gasteiger partial charge in [0.1, 0.15) is 28.1 Å². The van der Waals surface area contributed by atoms with Crippen LogP contribution in [0.5, 0.6) is 0 Å². The normalized spacial score (nSPS) is 10.0. The lowest BCUT2D eigenvalue weighted by Crippen LogP contribution is -2.15. The van der Waals surface area contributed by atoms with E-state index in [1.54, 1.807) is 0 Å². The number of rotatable bonds is 2. The number of amides is 1. The summed E-state index contributed by atoms with van der Waals surface area (Å²) in [6, 6.07) is 1.41. The highest BCUT2D eigenvalue weighted by molar-refractivity contribution is 6.30. The molecule has 0 unspecified atom stereocenters. The summed E-state index contributed by atoms with van der Waals surface area (Å²) in [5.41, 5.74) is 0.0900. The second kappa shape index (κ2) is 5.03. The molecule has 0 aliphatic carbocycles. The smallest absolute Gasteiger partial charge is 0.277 e. The minimum atomic E-state index is -0.477. The molecule has 0 bridgehead atoms. The fraction of sp³-hybridized carbons (Fsp3) is 0. The Hall–Kier alpha value is -1.79. The molecule has 0 aliphatic heterocycles. The molecule has 0 atom stereocenters. The Balaban J connectivity index is 2.17. The molecule has 0 saturated carbocycles. The summed E-state index contributed by atoms with van der Waals surface area (Å²) in [6.45, 7) is 0.